The average molecular weight is 456 g/mol. The number of ether oxygens (including phenoxy) is 1. The van der Waals surface area contributed by atoms with Crippen LogP contribution in [0.1, 0.15) is 35.1 Å². The molecule has 0 aliphatic heterocycles. The normalized spacial score (nSPS) is 11.5. The van der Waals surface area contributed by atoms with Crippen LogP contribution in [0.4, 0.5) is 11.4 Å². The molecule has 0 radical (unpaired) electrons. The molecular formula is C23H25N3O5S. The largest absolute Gasteiger partial charge is 0.495 e. The number of aryl methyl sites for hydroxylation is 3. The highest BCUT2D eigenvalue weighted by Gasteiger charge is 2.22. The maximum Gasteiger partial charge on any atom is 0.265 e. The lowest BCUT2D eigenvalue weighted by atomic mass is 10.1. The SMILES string of the molecule is COc1ccc(C=Cc2onc(C)c2NC(C)=O)cc1S(=O)(=O)Nc1c(C)cccc1C. The number of carbonyl (C=O) groups is 1. The molecule has 0 spiro atoms. The number of sulfonamides is 1. The fourth-order valence-electron chi connectivity index (χ4n) is 3.17. The molecule has 0 saturated carbocycles. The molecule has 0 fully saturated rings. The van der Waals surface area contributed by atoms with Crippen molar-refractivity contribution in [3.8, 4) is 5.75 Å². The van der Waals surface area contributed by atoms with Gasteiger partial charge in [0.25, 0.3) is 10.0 Å². The number of nitrogens with one attached hydrogen (secondary N) is 2. The van der Waals surface area contributed by atoms with Crippen LogP contribution in [0.2, 0.25) is 0 Å². The molecule has 0 saturated heterocycles. The highest BCUT2D eigenvalue weighted by atomic mass is 32.2. The fourth-order valence-corrected chi connectivity index (χ4v) is 4.58. The van der Waals surface area contributed by atoms with E-state index >= 15 is 0 Å². The minimum atomic E-state index is -3.93. The molecule has 0 aliphatic rings. The van der Waals surface area contributed by atoms with E-state index in [1.54, 1.807) is 31.2 Å². The van der Waals surface area contributed by atoms with Crippen LogP contribution in [0.15, 0.2) is 45.8 Å². The van der Waals surface area contributed by atoms with E-state index in [1.165, 1.54) is 20.1 Å². The van der Waals surface area contributed by atoms with Crippen LogP contribution in [-0.2, 0) is 14.8 Å². The molecule has 0 unspecified atom stereocenters. The van der Waals surface area contributed by atoms with Gasteiger partial charge >= 0.3 is 0 Å². The summed E-state index contributed by atoms with van der Waals surface area (Å²) in [5, 5.41) is 6.54. The molecule has 0 bridgehead atoms. The van der Waals surface area contributed by atoms with Crippen molar-refractivity contribution >= 4 is 39.5 Å². The zero-order valence-electron chi connectivity index (χ0n) is 18.5. The van der Waals surface area contributed by atoms with E-state index in [-0.39, 0.29) is 16.6 Å². The van der Waals surface area contributed by atoms with Gasteiger partial charge in [-0.05, 0) is 55.7 Å². The van der Waals surface area contributed by atoms with Crippen molar-refractivity contribution in [2.75, 3.05) is 17.1 Å². The molecule has 9 heteroatoms. The van der Waals surface area contributed by atoms with Gasteiger partial charge in [0.15, 0.2) is 5.76 Å². The van der Waals surface area contributed by atoms with Crippen molar-refractivity contribution in [3.05, 3.63) is 64.5 Å². The second kappa shape index (κ2) is 9.27. The second-order valence-corrected chi connectivity index (χ2v) is 8.96. The Morgan fingerprint density at radius 3 is 2.38 bits per heavy atom. The third-order valence-corrected chi connectivity index (χ3v) is 6.18. The molecule has 168 valence electrons. The predicted octanol–water partition coefficient (Wildman–Crippen LogP) is 4.54. The van der Waals surface area contributed by atoms with Gasteiger partial charge in [0.1, 0.15) is 22.0 Å². The van der Waals surface area contributed by atoms with Crippen molar-refractivity contribution in [2.24, 2.45) is 0 Å². The Bertz CT molecular complexity index is 1270. The number of anilines is 2. The predicted molar refractivity (Wildman–Crippen MR) is 124 cm³/mol. The topological polar surface area (TPSA) is 111 Å². The summed E-state index contributed by atoms with van der Waals surface area (Å²) in [6.45, 7) is 6.79. The lowest BCUT2D eigenvalue weighted by molar-refractivity contribution is -0.114. The van der Waals surface area contributed by atoms with Crippen LogP contribution in [0.5, 0.6) is 5.75 Å². The first kappa shape index (κ1) is 23.1. The summed E-state index contributed by atoms with van der Waals surface area (Å²) in [6.07, 6.45) is 3.28. The lowest BCUT2D eigenvalue weighted by Gasteiger charge is -2.15. The van der Waals surface area contributed by atoms with Crippen LogP contribution >= 0.6 is 0 Å². The van der Waals surface area contributed by atoms with Gasteiger partial charge in [-0.3, -0.25) is 9.52 Å². The third-order valence-electron chi connectivity index (χ3n) is 4.81. The Morgan fingerprint density at radius 1 is 1.06 bits per heavy atom. The van der Waals surface area contributed by atoms with Crippen LogP contribution in [-0.4, -0.2) is 26.6 Å². The molecule has 1 heterocycles. The molecule has 8 nitrogen and oxygen atoms in total. The van der Waals surface area contributed by atoms with Crippen LogP contribution in [0.25, 0.3) is 12.2 Å². The molecule has 1 amide bonds. The quantitative estimate of drug-likeness (QED) is 0.541. The first-order valence-electron chi connectivity index (χ1n) is 9.81. The minimum Gasteiger partial charge on any atom is -0.495 e. The van der Waals surface area contributed by atoms with Crippen molar-refractivity contribution in [2.45, 2.75) is 32.6 Å². The van der Waals surface area contributed by atoms with Gasteiger partial charge < -0.3 is 14.6 Å². The van der Waals surface area contributed by atoms with E-state index < -0.39 is 10.0 Å². The van der Waals surface area contributed by atoms with Gasteiger partial charge in [-0.1, -0.05) is 35.5 Å². The highest BCUT2D eigenvalue weighted by Crippen LogP contribution is 2.30. The summed E-state index contributed by atoms with van der Waals surface area (Å²) in [5.41, 5.74) is 3.76. The molecule has 3 aromatic rings. The lowest BCUT2D eigenvalue weighted by Crippen LogP contribution is -2.16. The summed E-state index contributed by atoms with van der Waals surface area (Å²) >= 11 is 0. The van der Waals surface area contributed by atoms with E-state index in [2.05, 4.69) is 15.2 Å². The molecule has 2 aromatic carbocycles. The Balaban J connectivity index is 1.97. The van der Waals surface area contributed by atoms with Crippen molar-refractivity contribution in [3.63, 3.8) is 0 Å². The number of hydrogen-bond acceptors (Lipinski definition) is 6. The van der Waals surface area contributed by atoms with E-state index in [9.17, 15) is 13.2 Å². The molecule has 0 atom stereocenters. The van der Waals surface area contributed by atoms with Gasteiger partial charge in [-0.2, -0.15) is 0 Å². The van der Waals surface area contributed by atoms with Gasteiger partial charge in [0.05, 0.1) is 12.8 Å². The Morgan fingerprint density at radius 2 is 1.75 bits per heavy atom. The van der Waals surface area contributed by atoms with E-state index in [4.69, 9.17) is 9.26 Å². The Labute approximate surface area is 187 Å². The number of benzene rings is 2. The van der Waals surface area contributed by atoms with E-state index in [0.29, 0.717) is 28.4 Å². The first-order chi connectivity index (χ1) is 15.1. The first-order valence-corrected chi connectivity index (χ1v) is 11.3. The summed E-state index contributed by atoms with van der Waals surface area (Å²) in [4.78, 5) is 11.4. The van der Waals surface area contributed by atoms with E-state index in [0.717, 1.165) is 11.1 Å². The van der Waals surface area contributed by atoms with Crippen LogP contribution in [0, 0.1) is 20.8 Å². The Hall–Kier alpha value is -3.59. The number of carbonyl (C=O) groups excluding carboxylic acids is 1. The van der Waals surface area contributed by atoms with Crippen molar-refractivity contribution in [1.29, 1.82) is 0 Å². The second-order valence-electron chi connectivity index (χ2n) is 7.30. The summed E-state index contributed by atoms with van der Waals surface area (Å²) < 4.78 is 39.6. The highest BCUT2D eigenvalue weighted by molar-refractivity contribution is 7.92. The zero-order chi connectivity index (χ0) is 23.5. The average Bonchev–Trinajstić information content (AvgIpc) is 3.08. The molecule has 32 heavy (non-hydrogen) atoms. The van der Waals surface area contributed by atoms with Crippen molar-refractivity contribution in [1.82, 2.24) is 5.16 Å². The molecule has 0 aliphatic carbocycles. The van der Waals surface area contributed by atoms with Crippen LogP contribution in [0.3, 0.4) is 0 Å². The summed E-state index contributed by atoms with van der Waals surface area (Å²) in [5.74, 6) is 0.322. The fraction of sp³-hybridized carbons (Fsp3) is 0.217. The third kappa shape index (κ3) is 5.00. The number of amides is 1. The number of rotatable bonds is 7. The minimum absolute atomic E-state index is 0.000591. The maximum atomic E-state index is 13.2. The number of nitrogens with zero attached hydrogens (tertiary/aromatic N) is 1. The zero-order valence-corrected chi connectivity index (χ0v) is 19.3. The molecule has 2 N–H and O–H groups in total. The molecular weight excluding hydrogens is 430 g/mol. The number of hydrogen-bond donors (Lipinski definition) is 2. The molecule has 3 rings (SSSR count). The Kier molecular flexibility index (Phi) is 6.69. The number of para-hydroxylation sites is 1. The maximum absolute atomic E-state index is 13.2. The van der Waals surface area contributed by atoms with Crippen LogP contribution < -0.4 is 14.8 Å². The summed E-state index contributed by atoms with van der Waals surface area (Å²) in [7, 11) is -2.51. The summed E-state index contributed by atoms with van der Waals surface area (Å²) in [6, 6.07) is 10.4. The number of aromatic nitrogens is 1. The molecule has 1 aromatic heterocycles. The monoisotopic (exact) mass is 455 g/mol. The van der Waals surface area contributed by atoms with E-state index in [1.807, 2.05) is 32.0 Å². The smallest absolute Gasteiger partial charge is 0.265 e. The van der Waals surface area contributed by atoms with Gasteiger partial charge in [0.2, 0.25) is 5.91 Å². The van der Waals surface area contributed by atoms with Gasteiger partial charge in [0, 0.05) is 6.92 Å². The van der Waals surface area contributed by atoms with Gasteiger partial charge in [-0.15, -0.1) is 0 Å². The van der Waals surface area contributed by atoms with Gasteiger partial charge in [-0.25, -0.2) is 8.42 Å². The van der Waals surface area contributed by atoms with Crippen molar-refractivity contribution < 1.29 is 22.5 Å². The standard InChI is InChI=1S/C23H25N3O5S/c1-14-7-6-8-15(2)22(14)26-32(28,29)21-13-18(9-11-19(21)30-5)10-12-20-23(24-17(4)27)16(3)25-31-20/h6-13,26H,1-5H3,(H,24,27). The number of methoxy groups -OCH3 is 1.